The summed E-state index contributed by atoms with van der Waals surface area (Å²) in [6, 6.07) is 16.5. The number of alkyl halides is 2. The van der Waals surface area contributed by atoms with Crippen molar-refractivity contribution in [2.75, 3.05) is 0 Å². The van der Waals surface area contributed by atoms with E-state index in [-0.39, 0.29) is 12.3 Å². The van der Waals surface area contributed by atoms with Crippen LogP contribution in [0.4, 0.5) is 8.78 Å². The number of H-pyrrole nitrogens is 1. The second-order valence-electron chi connectivity index (χ2n) is 8.23. The lowest BCUT2D eigenvalue weighted by Crippen LogP contribution is -1.98. The van der Waals surface area contributed by atoms with Gasteiger partial charge in [0.25, 0.3) is 6.43 Å². The summed E-state index contributed by atoms with van der Waals surface area (Å²) in [7, 11) is 0. The SMILES string of the molecule is Cc1nn2ccc(OCc3ccc(C(F)F)nc3)cc2c1-c1nc(-c2ccccc2)c(-c2ncn[nH]2)s1. The van der Waals surface area contributed by atoms with Crippen molar-refractivity contribution in [2.24, 2.45) is 0 Å². The molecular weight excluding hydrogens is 496 g/mol. The summed E-state index contributed by atoms with van der Waals surface area (Å²) in [6.07, 6.45) is 2.10. The maximum absolute atomic E-state index is 12.8. The molecule has 0 unspecified atom stereocenters. The van der Waals surface area contributed by atoms with Crippen molar-refractivity contribution < 1.29 is 13.5 Å². The molecule has 1 aromatic carbocycles. The third-order valence-corrected chi connectivity index (χ3v) is 6.86. The van der Waals surface area contributed by atoms with Gasteiger partial charge >= 0.3 is 0 Å². The highest BCUT2D eigenvalue weighted by Crippen LogP contribution is 2.41. The van der Waals surface area contributed by atoms with E-state index >= 15 is 0 Å². The van der Waals surface area contributed by atoms with Crippen LogP contribution in [0.1, 0.15) is 23.4 Å². The molecule has 5 heterocycles. The largest absolute Gasteiger partial charge is 0.489 e. The number of rotatable bonds is 7. The van der Waals surface area contributed by atoms with E-state index < -0.39 is 6.43 Å². The summed E-state index contributed by atoms with van der Waals surface area (Å²) in [4.78, 5) is 14.0. The van der Waals surface area contributed by atoms with Gasteiger partial charge in [0.05, 0.1) is 27.3 Å². The van der Waals surface area contributed by atoms with E-state index in [1.54, 1.807) is 16.6 Å². The number of aryl methyl sites for hydroxylation is 1. The quantitative estimate of drug-likeness (QED) is 0.275. The normalized spacial score (nSPS) is 11.5. The molecule has 0 fully saturated rings. The van der Waals surface area contributed by atoms with Gasteiger partial charge in [-0.05, 0) is 19.1 Å². The summed E-state index contributed by atoms with van der Waals surface area (Å²) < 4.78 is 33.3. The molecule has 8 nitrogen and oxygen atoms in total. The predicted octanol–water partition coefficient (Wildman–Crippen LogP) is 6.13. The van der Waals surface area contributed by atoms with E-state index in [1.807, 2.05) is 49.5 Å². The molecule has 11 heteroatoms. The average molecular weight is 516 g/mol. The fourth-order valence-corrected chi connectivity index (χ4v) is 5.15. The number of hydrogen-bond donors (Lipinski definition) is 1. The van der Waals surface area contributed by atoms with Crippen molar-refractivity contribution >= 4 is 16.9 Å². The average Bonchev–Trinajstić information content (AvgIpc) is 3.66. The van der Waals surface area contributed by atoms with Crippen LogP contribution in [0.3, 0.4) is 0 Å². The summed E-state index contributed by atoms with van der Waals surface area (Å²) in [6.45, 7) is 2.14. The number of halogens is 2. The Hall–Kier alpha value is -4.51. The highest BCUT2D eigenvalue weighted by molar-refractivity contribution is 7.19. The minimum Gasteiger partial charge on any atom is -0.489 e. The van der Waals surface area contributed by atoms with Crippen LogP contribution in [0.15, 0.2) is 73.3 Å². The second-order valence-corrected chi connectivity index (χ2v) is 9.23. The molecule has 184 valence electrons. The fourth-order valence-electron chi connectivity index (χ4n) is 4.01. The van der Waals surface area contributed by atoms with Crippen LogP contribution in [0.2, 0.25) is 0 Å². The first kappa shape index (κ1) is 22.9. The Morgan fingerprint density at radius 1 is 1.08 bits per heavy atom. The molecule has 1 N–H and O–H groups in total. The topological polar surface area (TPSA) is 93.9 Å². The highest BCUT2D eigenvalue weighted by atomic mass is 32.1. The van der Waals surface area contributed by atoms with Crippen molar-refractivity contribution in [3.8, 4) is 38.3 Å². The summed E-state index contributed by atoms with van der Waals surface area (Å²) >= 11 is 1.51. The third kappa shape index (κ3) is 4.45. The molecular formula is C26H19F2N7OS. The summed E-state index contributed by atoms with van der Waals surface area (Å²) in [5.41, 5.74) is 4.76. The van der Waals surface area contributed by atoms with Gasteiger partial charge in [0.1, 0.15) is 29.4 Å². The van der Waals surface area contributed by atoms with Gasteiger partial charge in [0.15, 0.2) is 5.82 Å². The number of ether oxygens (including phenoxy) is 1. The molecule has 0 saturated heterocycles. The molecule has 0 bridgehead atoms. The van der Waals surface area contributed by atoms with Crippen LogP contribution in [0, 0.1) is 6.92 Å². The van der Waals surface area contributed by atoms with E-state index in [2.05, 4.69) is 25.3 Å². The van der Waals surface area contributed by atoms with Gasteiger partial charge in [-0.2, -0.15) is 10.2 Å². The first-order valence-electron chi connectivity index (χ1n) is 11.3. The number of nitrogens with zero attached hydrogens (tertiary/aromatic N) is 6. The Morgan fingerprint density at radius 3 is 2.68 bits per heavy atom. The highest BCUT2D eigenvalue weighted by Gasteiger charge is 2.22. The van der Waals surface area contributed by atoms with E-state index in [9.17, 15) is 8.78 Å². The van der Waals surface area contributed by atoms with Crippen molar-refractivity contribution in [2.45, 2.75) is 20.0 Å². The molecule has 0 amide bonds. The van der Waals surface area contributed by atoms with Gasteiger partial charge in [-0.3, -0.25) is 10.1 Å². The van der Waals surface area contributed by atoms with Crippen LogP contribution in [-0.2, 0) is 6.61 Å². The Kier molecular flexibility index (Phi) is 5.89. The van der Waals surface area contributed by atoms with Crippen molar-refractivity contribution in [3.05, 3.63) is 90.3 Å². The van der Waals surface area contributed by atoms with Gasteiger partial charge in [0, 0.05) is 29.6 Å². The fraction of sp³-hybridized carbons (Fsp3) is 0.115. The van der Waals surface area contributed by atoms with E-state index in [0.29, 0.717) is 17.1 Å². The number of fused-ring (bicyclic) bond motifs is 1. The lowest BCUT2D eigenvalue weighted by atomic mass is 10.1. The van der Waals surface area contributed by atoms with Crippen LogP contribution in [0.5, 0.6) is 5.75 Å². The van der Waals surface area contributed by atoms with Crippen LogP contribution < -0.4 is 4.74 Å². The molecule has 6 aromatic rings. The lowest BCUT2D eigenvalue weighted by Gasteiger charge is -2.07. The number of aromatic amines is 1. The van der Waals surface area contributed by atoms with Gasteiger partial charge in [-0.25, -0.2) is 23.3 Å². The summed E-state index contributed by atoms with van der Waals surface area (Å²) in [5.74, 6) is 1.26. The Labute approximate surface area is 213 Å². The van der Waals surface area contributed by atoms with E-state index in [0.717, 1.165) is 37.9 Å². The van der Waals surface area contributed by atoms with Crippen molar-refractivity contribution in [1.82, 2.24) is 34.8 Å². The summed E-state index contributed by atoms with van der Waals surface area (Å²) in [5, 5.41) is 12.4. The number of pyridine rings is 2. The molecule has 0 aliphatic rings. The van der Waals surface area contributed by atoms with Gasteiger partial charge < -0.3 is 4.74 Å². The molecule has 0 spiro atoms. The minimum atomic E-state index is -2.60. The zero-order valence-corrected chi connectivity index (χ0v) is 20.3. The first-order chi connectivity index (χ1) is 18.1. The number of benzene rings is 1. The molecule has 0 aliphatic carbocycles. The number of nitrogens with one attached hydrogen (secondary N) is 1. The standard InChI is InChI=1S/C26H19F2N7OS/c1-15-21(26-32-22(17-5-3-2-4-6-17)23(37-26)25-30-14-31-33-25)20-11-18(9-10-35(20)34-15)36-13-16-7-8-19(24(27)28)29-12-16/h2-12,14,24H,13H2,1H3,(H,30,31,33). The van der Waals surface area contributed by atoms with Crippen LogP contribution in [-0.4, -0.2) is 34.8 Å². The van der Waals surface area contributed by atoms with Gasteiger partial charge in [0.2, 0.25) is 0 Å². The van der Waals surface area contributed by atoms with Crippen molar-refractivity contribution in [1.29, 1.82) is 0 Å². The maximum Gasteiger partial charge on any atom is 0.280 e. The predicted molar refractivity (Wildman–Crippen MR) is 135 cm³/mol. The van der Waals surface area contributed by atoms with E-state index in [1.165, 1.54) is 29.9 Å². The second kappa shape index (κ2) is 9.51. The van der Waals surface area contributed by atoms with Crippen LogP contribution >= 0.6 is 11.3 Å². The lowest BCUT2D eigenvalue weighted by molar-refractivity contribution is 0.146. The smallest absolute Gasteiger partial charge is 0.280 e. The maximum atomic E-state index is 12.8. The van der Waals surface area contributed by atoms with Gasteiger partial charge in [-0.15, -0.1) is 11.3 Å². The molecule has 5 aromatic heterocycles. The number of aromatic nitrogens is 7. The Balaban J connectivity index is 1.37. The third-order valence-electron chi connectivity index (χ3n) is 5.78. The molecule has 6 rings (SSSR count). The number of hydrogen-bond acceptors (Lipinski definition) is 7. The Morgan fingerprint density at radius 2 is 1.95 bits per heavy atom. The molecule has 0 saturated carbocycles. The van der Waals surface area contributed by atoms with Crippen molar-refractivity contribution in [3.63, 3.8) is 0 Å². The Bertz CT molecular complexity index is 1660. The van der Waals surface area contributed by atoms with E-state index in [4.69, 9.17) is 9.72 Å². The molecule has 0 aliphatic heterocycles. The van der Waals surface area contributed by atoms with Crippen LogP contribution in [0.25, 0.3) is 38.0 Å². The molecule has 0 radical (unpaired) electrons. The molecule has 37 heavy (non-hydrogen) atoms. The zero-order valence-electron chi connectivity index (χ0n) is 19.5. The zero-order chi connectivity index (χ0) is 25.4. The minimum absolute atomic E-state index is 0.195. The first-order valence-corrected chi connectivity index (χ1v) is 12.2. The van der Waals surface area contributed by atoms with Gasteiger partial charge in [-0.1, -0.05) is 36.4 Å². The molecule has 0 atom stereocenters. The number of thiazole rings is 1. The monoisotopic (exact) mass is 515 g/mol.